The summed E-state index contributed by atoms with van der Waals surface area (Å²) < 4.78 is 5.61. The zero-order chi connectivity index (χ0) is 14.8. The molecule has 19 heavy (non-hydrogen) atoms. The van der Waals surface area contributed by atoms with Crippen LogP contribution in [-0.2, 0) is 9.53 Å². The number of rotatable bonds is 2. The van der Waals surface area contributed by atoms with E-state index in [9.17, 15) is 4.79 Å². The molecule has 0 aromatic heterocycles. The van der Waals surface area contributed by atoms with Crippen LogP contribution < -0.4 is 0 Å². The summed E-state index contributed by atoms with van der Waals surface area (Å²) in [5, 5.41) is 0. The number of esters is 1. The number of carbonyl (C=O) groups is 1. The number of carbonyl (C=O) groups excluding carboxylic acids is 1. The van der Waals surface area contributed by atoms with Crippen molar-refractivity contribution in [1.29, 1.82) is 0 Å². The van der Waals surface area contributed by atoms with Crippen LogP contribution in [0.4, 0.5) is 0 Å². The molecule has 0 amide bonds. The Kier molecular flexibility index (Phi) is 4.65. The zero-order valence-electron chi connectivity index (χ0n) is 13.1. The highest BCUT2D eigenvalue weighted by molar-refractivity contribution is 5.87. The van der Waals surface area contributed by atoms with Crippen LogP contribution in [0.15, 0.2) is 24.8 Å². The number of hydrogen-bond acceptors (Lipinski definition) is 2. The Morgan fingerprint density at radius 1 is 1.37 bits per heavy atom. The van der Waals surface area contributed by atoms with Crippen LogP contribution >= 0.6 is 0 Å². The summed E-state index contributed by atoms with van der Waals surface area (Å²) in [6.07, 6.45) is 5.33. The van der Waals surface area contributed by atoms with E-state index in [-0.39, 0.29) is 17.5 Å². The highest BCUT2D eigenvalue weighted by Crippen LogP contribution is 2.66. The fourth-order valence-electron chi connectivity index (χ4n) is 3.54. The third kappa shape index (κ3) is 2.63. The average molecular weight is 264 g/mol. The smallest absolute Gasteiger partial charge is 0.333 e. The van der Waals surface area contributed by atoms with Gasteiger partial charge in [-0.3, -0.25) is 0 Å². The van der Waals surface area contributed by atoms with E-state index >= 15 is 0 Å². The Hall–Kier alpha value is -1.05. The van der Waals surface area contributed by atoms with E-state index in [2.05, 4.69) is 33.9 Å². The molecular weight excluding hydrogens is 236 g/mol. The van der Waals surface area contributed by atoms with Gasteiger partial charge in [-0.1, -0.05) is 33.4 Å². The molecular formula is C17H28O2. The van der Waals surface area contributed by atoms with E-state index < -0.39 is 0 Å². The maximum absolute atomic E-state index is 11.6. The van der Waals surface area contributed by atoms with E-state index in [0.717, 1.165) is 6.42 Å². The first-order valence-corrected chi connectivity index (χ1v) is 7.14. The molecule has 108 valence electrons. The lowest BCUT2D eigenvalue weighted by Gasteiger charge is -2.38. The van der Waals surface area contributed by atoms with Crippen LogP contribution in [0.5, 0.6) is 0 Å². The summed E-state index contributed by atoms with van der Waals surface area (Å²) >= 11 is 0. The number of hydrogen-bond donors (Lipinski definition) is 0. The molecule has 2 nitrogen and oxygen atoms in total. The molecule has 0 radical (unpaired) electrons. The van der Waals surface area contributed by atoms with Gasteiger partial charge in [-0.15, -0.1) is 6.58 Å². The van der Waals surface area contributed by atoms with Crippen molar-refractivity contribution in [1.82, 2.24) is 0 Å². The van der Waals surface area contributed by atoms with Crippen molar-refractivity contribution in [2.75, 3.05) is 0 Å². The van der Waals surface area contributed by atoms with Gasteiger partial charge in [0.25, 0.3) is 0 Å². The maximum Gasteiger partial charge on any atom is 0.333 e. The van der Waals surface area contributed by atoms with E-state index in [4.69, 9.17) is 4.74 Å². The van der Waals surface area contributed by atoms with E-state index in [1.54, 1.807) is 13.0 Å². The molecule has 0 saturated heterocycles. The third-order valence-corrected chi connectivity index (χ3v) is 5.31. The van der Waals surface area contributed by atoms with Crippen molar-refractivity contribution in [2.24, 2.45) is 16.7 Å². The molecule has 2 rings (SSSR count). The monoisotopic (exact) mass is 264 g/mol. The van der Waals surface area contributed by atoms with Crippen molar-refractivity contribution in [3.05, 3.63) is 24.8 Å². The van der Waals surface area contributed by atoms with Crippen molar-refractivity contribution >= 4 is 5.97 Å². The molecule has 2 bridgehead atoms. The second-order valence-electron chi connectivity index (χ2n) is 6.69. The largest absolute Gasteiger partial charge is 0.458 e. The number of allylic oxidation sites excluding steroid dienone is 1. The molecule has 3 atom stereocenters. The molecule has 2 aliphatic rings. The van der Waals surface area contributed by atoms with Gasteiger partial charge in [-0.25, -0.2) is 4.79 Å². The van der Waals surface area contributed by atoms with Crippen molar-refractivity contribution < 1.29 is 9.53 Å². The van der Waals surface area contributed by atoms with Crippen LogP contribution in [0, 0.1) is 16.7 Å². The fourth-order valence-corrected chi connectivity index (χ4v) is 3.54. The molecule has 2 heteroatoms. The van der Waals surface area contributed by atoms with Crippen LogP contribution in [0.2, 0.25) is 0 Å². The summed E-state index contributed by atoms with van der Waals surface area (Å²) in [5.41, 5.74) is 0.958. The molecule has 2 saturated carbocycles. The molecule has 0 N–H and O–H groups in total. The van der Waals surface area contributed by atoms with Gasteiger partial charge in [-0.2, -0.15) is 0 Å². The first-order chi connectivity index (χ1) is 8.70. The van der Waals surface area contributed by atoms with Gasteiger partial charge in [0.1, 0.15) is 6.10 Å². The first kappa shape index (κ1) is 16.0. The summed E-state index contributed by atoms with van der Waals surface area (Å²) in [6, 6.07) is 0. The topological polar surface area (TPSA) is 26.3 Å². The minimum Gasteiger partial charge on any atom is -0.458 e. The van der Waals surface area contributed by atoms with E-state index in [1.165, 1.54) is 12.8 Å². The summed E-state index contributed by atoms with van der Waals surface area (Å²) in [4.78, 5) is 11.6. The van der Waals surface area contributed by atoms with Crippen molar-refractivity contribution in [3.8, 4) is 0 Å². The Morgan fingerprint density at radius 3 is 2.21 bits per heavy atom. The Bertz CT molecular complexity index is 381. The van der Waals surface area contributed by atoms with Gasteiger partial charge in [0.05, 0.1) is 0 Å². The minimum atomic E-state index is -0.227. The van der Waals surface area contributed by atoms with Crippen LogP contribution in [0.1, 0.15) is 53.9 Å². The SMILES string of the molecule is C=C(C)C(=O)OC1C[C@H]2CC[C@@]1(C)C2(C)C.C=CC. The average Bonchev–Trinajstić information content (AvgIpc) is 2.63. The van der Waals surface area contributed by atoms with E-state index in [1.807, 2.05) is 6.92 Å². The van der Waals surface area contributed by atoms with Crippen molar-refractivity contribution in [2.45, 2.75) is 60.0 Å². The molecule has 0 aromatic carbocycles. The Balaban J connectivity index is 0.000000550. The highest BCUT2D eigenvalue weighted by Gasteiger charge is 2.62. The van der Waals surface area contributed by atoms with Crippen LogP contribution in [0.3, 0.4) is 0 Å². The van der Waals surface area contributed by atoms with Gasteiger partial charge >= 0.3 is 5.97 Å². The lowest BCUT2D eigenvalue weighted by molar-refractivity contribution is -0.151. The van der Waals surface area contributed by atoms with Gasteiger partial charge < -0.3 is 4.74 Å². The summed E-state index contributed by atoms with van der Waals surface area (Å²) in [5.74, 6) is 0.481. The first-order valence-electron chi connectivity index (χ1n) is 7.14. The molecule has 0 aromatic rings. The van der Waals surface area contributed by atoms with Gasteiger partial charge in [0.15, 0.2) is 0 Å². The normalized spacial score (nSPS) is 34.2. The molecule has 2 aliphatic carbocycles. The molecule has 0 aliphatic heterocycles. The summed E-state index contributed by atoms with van der Waals surface area (Å²) in [6.45, 7) is 17.5. The molecule has 0 heterocycles. The lowest BCUT2D eigenvalue weighted by atomic mass is 9.70. The predicted molar refractivity (Wildman–Crippen MR) is 79.8 cm³/mol. The number of fused-ring (bicyclic) bond motifs is 2. The van der Waals surface area contributed by atoms with Crippen molar-refractivity contribution in [3.63, 3.8) is 0 Å². The van der Waals surface area contributed by atoms with Gasteiger partial charge in [-0.05, 0) is 44.4 Å². The van der Waals surface area contributed by atoms with Gasteiger partial charge in [0.2, 0.25) is 0 Å². The predicted octanol–water partition coefficient (Wildman–Crippen LogP) is 4.51. The maximum atomic E-state index is 11.6. The second-order valence-corrected chi connectivity index (χ2v) is 6.69. The van der Waals surface area contributed by atoms with Gasteiger partial charge in [0, 0.05) is 11.0 Å². The third-order valence-electron chi connectivity index (χ3n) is 5.31. The fraction of sp³-hybridized carbons (Fsp3) is 0.706. The molecule has 1 unspecified atom stereocenters. The standard InChI is InChI=1S/C14H22O2.C3H6/c1-9(2)12(15)16-11-8-10-6-7-14(11,5)13(10,3)4;1-3-2/h10-11H,1,6-8H2,2-5H3;3H,1H2,2H3/t10-,11?,14-;/m1./s1. The van der Waals surface area contributed by atoms with E-state index in [0.29, 0.717) is 16.9 Å². The van der Waals surface area contributed by atoms with Crippen LogP contribution in [0.25, 0.3) is 0 Å². The molecule has 0 spiro atoms. The summed E-state index contributed by atoms with van der Waals surface area (Å²) in [7, 11) is 0. The molecule has 2 fully saturated rings. The minimum absolute atomic E-state index is 0.0884. The highest BCUT2D eigenvalue weighted by atomic mass is 16.5. The Morgan fingerprint density at radius 2 is 1.89 bits per heavy atom. The lowest BCUT2D eigenvalue weighted by Crippen LogP contribution is -2.38. The zero-order valence-corrected chi connectivity index (χ0v) is 13.1. The van der Waals surface area contributed by atoms with Crippen LogP contribution in [-0.4, -0.2) is 12.1 Å². The number of ether oxygens (including phenoxy) is 1. The Labute approximate surface area is 117 Å². The quantitative estimate of drug-likeness (QED) is 0.416. The second kappa shape index (κ2) is 5.52.